The van der Waals surface area contributed by atoms with E-state index in [1.807, 2.05) is 0 Å². The molecule has 2 rings (SSSR count). The lowest BCUT2D eigenvalue weighted by Crippen LogP contribution is -2.87. The molecule has 0 aromatic heterocycles. The molecule has 0 amide bonds. The topological polar surface area (TPSA) is 28.6 Å². The molecule has 0 saturated carbocycles. The molecule has 1 aliphatic heterocycles. The maximum absolute atomic E-state index is 12.2. The third-order valence-corrected chi connectivity index (χ3v) is 3.64. The summed E-state index contributed by atoms with van der Waals surface area (Å²) >= 11 is -0.0773. The Kier molecular flexibility index (Phi) is 4.40. The van der Waals surface area contributed by atoms with E-state index in [-0.39, 0.29) is 16.7 Å². The van der Waals surface area contributed by atoms with Crippen LogP contribution in [0.25, 0.3) is 0 Å². The lowest BCUT2D eigenvalue weighted by molar-refractivity contribution is -0.662. The number of hydrogen-bond donors (Lipinski definition) is 2. The summed E-state index contributed by atoms with van der Waals surface area (Å²) in [4.78, 5) is 0.227. The van der Waals surface area contributed by atoms with Gasteiger partial charge in [0.1, 0.15) is 0 Å². The molecule has 1 aromatic rings. The standard InChI is InChI=1S/C12H15F3N2S/c13-12(14,15)18-11-3-1-9(2-4-11)17-10-5-7-16-8-6-10/h1-4,10,16-17H,5-8H2/p+1. The maximum Gasteiger partial charge on any atom is 0.446 e. The van der Waals surface area contributed by atoms with E-state index in [4.69, 9.17) is 0 Å². The molecule has 0 bridgehead atoms. The molecule has 100 valence electrons. The number of piperidine rings is 1. The summed E-state index contributed by atoms with van der Waals surface area (Å²) in [7, 11) is 0. The third kappa shape index (κ3) is 4.42. The van der Waals surface area contributed by atoms with E-state index in [0.717, 1.165) is 31.6 Å². The van der Waals surface area contributed by atoms with Gasteiger partial charge in [-0.3, -0.25) is 0 Å². The summed E-state index contributed by atoms with van der Waals surface area (Å²) in [6.07, 6.45) is 2.19. The highest BCUT2D eigenvalue weighted by Gasteiger charge is 2.29. The first-order valence-corrected chi connectivity index (χ1v) is 6.78. The number of nitrogens with two attached hydrogens (primary N) is 1. The Morgan fingerprint density at radius 3 is 2.28 bits per heavy atom. The summed E-state index contributed by atoms with van der Waals surface area (Å²) < 4.78 is 36.5. The lowest BCUT2D eigenvalue weighted by atomic mass is 10.1. The predicted molar refractivity (Wildman–Crippen MR) is 66.7 cm³/mol. The SMILES string of the molecule is FC(F)(F)Sc1ccc(NC2CC[NH2+]CC2)cc1. The highest BCUT2D eigenvalue weighted by molar-refractivity contribution is 8.00. The summed E-state index contributed by atoms with van der Waals surface area (Å²) in [6, 6.07) is 6.89. The van der Waals surface area contributed by atoms with Crippen molar-refractivity contribution in [2.24, 2.45) is 0 Å². The second kappa shape index (κ2) is 5.84. The summed E-state index contributed by atoms with van der Waals surface area (Å²) in [6.45, 7) is 2.22. The van der Waals surface area contributed by atoms with Crippen LogP contribution in [-0.4, -0.2) is 24.6 Å². The highest BCUT2D eigenvalue weighted by atomic mass is 32.2. The molecular weight excluding hydrogens is 261 g/mol. The minimum atomic E-state index is -4.21. The molecule has 6 heteroatoms. The number of nitrogens with one attached hydrogen (secondary N) is 1. The van der Waals surface area contributed by atoms with E-state index in [2.05, 4.69) is 10.6 Å². The molecule has 3 N–H and O–H groups in total. The van der Waals surface area contributed by atoms with E-state index >= 15 is 0 Å². The number of anilines is 1. The van der Waals surface area contributed by atoms with Crippen molar-refractivity contribution in [3.05, 3.63) is 24.3 Å². The molecule has 1 heterocycles. The number of thioether (sulfide) groups is 1. The Hall–Kier alpha value is -0.880. The fourth-order valence-electron chi connectivity index (χ4n) is 2.06. The van der Waals surface area contributed by atoms with Crippen molar-refractivity contribution in [2.75, 3.05) is 18.4 Å². The Bertz CT molecular complexity index is 372. The van der Waals surface area contributed by atoms with E-state index in [1.54, 1.807) is 12.1 Å². The van der Waals surface area contributed by atoms with Crippen LogP contribution in [0, 0.1) is 0 Å². The second-order valence-electron chi connectivity index (χ2n) is 4.36. The molecule has 0 spiro atoms. The van der Waals surface area contributed by atoms with Gasteiger partial charge in [0.2, 0.25) is 0 Å². The van der Waals surface area contributed by atoms with Crippen LogP contribution in [-0.2, 0) is 0 Å². The summed E-state index contributed by atoms with van der Waals surface area (Å²) in [5.74, 6) is 0. The normalized spacial score (nSPS) is 17.7. The largest absolute Gasteiger partial charge is 0.446 e. The second-order valence-corrected chi connectivity index (χ2v) is 5.50. The van der Waals surface area contributed by atoms with Gasteiger partial charge in [0, 0.05) is 29.5 Å². The number of quaternary nitrogens is 1. The van der Waals surface area contributed by atoms with Gasteiger partial charge >= 0.3 is 5.51 Å². The molecule has 1 fully saturated rings. The van der Waals surface area contributed by atoms with E-state index < -0.39 is 5.51 Å². The Labute approximate surface area is 108 Å². The van der Waals surface area contributed by atoms with Gasteiger partial charge in [-0.2, -0.15) is 13.2 Å². The van der Waals surface area contributed by atoms with Gasteiger partial charge in [0.15, 0.2) is 0 Å². The van der Waals surface area contributed by atoms with Gasteiger partial charge in [0.05, 0.1) is 13.1 Å². The van der Waals surface area contributed by atoms with Crippen molar-refractivity contribution < 1.29 is 18.5 Å². The predicted octanol–water partition coefficient (Wildman–Crippen LogP) is 2.44. The van der Waals surface area contributed by atoms with Crippen LogP contribution < -0.4 is 10.6 Å². The van der Waals surface area contributed by atoms with Crippen LogP contribution in [0.4, 0.5) is 18.9 Å². The van der Waals surface area contributed by atoms with Crippen LogP contribution in [0.3, 0.4) is 0 Å². The van der Waals surface area contributed by atoms with Crippen LogP contribution in [0.5, 0.6) is 0 Å². The van der Waals surface area contributed by atoms with Crippen LogP contribution in [0.1, 0.15) is 12.8 Å². The zero-order chi connectivity index (χ0) is 13.0. The average Bonchev–Trinajstić information content (AvgIpc) is 2.31. The molecule has 2 nitrogen and oxygen atoms in total. The minimum Gasteiger partial charge on any atom is -0.382 e. The first kappa shape index (κ1) is 13.5. The van der Waals surface area contributed by atoms with Crippen molar-refractivity contribution in [2.45, 2.75) is 29.3 Å². The van der Waals surface area contributed by atoms with Gasteiger partial charge in [-0.05, 0) is 36.0 Å². The smallest absolute Gasteiger partial charge is 0.382 e. The van der Waals surface area contributed by atoms with Crippen LogP contribution in [0.2, 0.25) is 0 Å². The van der Waals surface area contributed by atoms with Crippen molar-refractivity contribution in [1.29, 1.82) is 0 Å². The molecule has 1 aromatic carbocycles. The summed E-state index contributed by atoms with van der Waals surface area (Å²) in [5.41, 5.74) is -3.32. The molecule has 18 heavy (non-hydrogen) atoms. The molecule has 0 atom stereocenters. The first-order valence-electron chi connectivity index (χ1n) is 5.97. The highest BCUT2D eigenvalue weighted by Crippen LogP contribution is 2.37. The van der Waals surface area contributed by atoms with Crippen molar-refractivity contribution in [3.63, 3.8) is 0 Å². The van der Waals surface area contributed by atoms with Crippen molar-refractivity contribution in [3.8, 4) is 0 Å². The molecule has 0 unspecified atom stereocenters. The van der Waals surface area contributed by atoms with Gasteiger partial charge in [-0.15, -0.1) is 0 Å². The Balaban J connectivity index is 1.90. The minimum absolute atomic E-state index is 0.0773. The zero-order valence-electron chi connectivity index (χ0n) is 9.83. The van der Waals surface area contributed by atoms with Crippen LogP contribution in [0.15, 0.2) is 29.2 Å². The maximum atomic E-state index is 12.2. The van der Waals surface area contributed by atoms with Crippen molar-refractivity contribution in [1.82, 2.24) is 0 Å². The monoisotopic (exact) mass is 277 g/mol. The van der Waals surface area contributed by atoms with Gasteiger partial charge < -0.3 is 10.6 Å². The molecule has 0 aliphatic carbocycles. The third-order valence-electron chi connectivity index (χ3n) is 2.90. The number of alkyl halides is 3. The van der Waals surface area contributed by atoms with E-state index in [0.29, 0.717) is 6.04 Å². The fourth-order valence-corrected chi connectivity index (χ4v) is 2.60. The molecule has 0 radical (unpaired) electrons. The van der Waals surface area contributed by atoms with Gasteiger partial charge in [-0.1, -0.05) is 0 Å². The quantitative estimate of drug-likeness (QED) is 0.831. The van der Waals surface area contributed by atoms with E-state index in [9.17, 15) is 13.2 Å². The molecule has 1 aliphatic rings. The van der Waals surface area contributed by atoms with E-state index in [1.165, 1.54) is 12.1 Å². The zero-order valence-corrected chi connectivity index (χ0v) is 10.7. The van der Waals surface area contributed by atoms with Crippen molar-refractivity contribution >= 4 is 17.4 Å². The number of rotatable bonds is 3. The van der Waals surface area contributed by atoms with Crippen LogP contribution >= 0.6 is 11.8 Å². The number of hydrogen-bond acceptors (Lipinski definition) is 2. The Morgan fingerprint density at radius 2 is 1.72 bits per heavy atom. The number of halogens is 3. The lowest BCUT2D eigenvalue weighted by Gasteiger charge is -2.22. The fraction of sp³-hybridized carbons (Fsp3) is 0.500. The molecular formula is C12H16F3N2S+. The van der Waals surface area contributed by atoms with Gasteiger partial charge in [0.25, 0.3) is 0 Å². The Morgan fingerprint density at radius 1 is 1.11 bits per heavy atom. The average molecular weight is 277 g/mol. The van der Waals surface area contributed by atoms with Gasteiger partial charge in [-0.25, -0.2) is 0 Å². The first-order chi connectivity index (χ1) is 8.53. The molecule has 1 saturated heterocycles. The number of benzene rings is 1. The summed E-state index contributed by atoms with van der Waals surface area (Å²) in [5, 5.41) is 5.64.